The fraction of sp³-hybridized carbons (Fsp3) is 0.818. The van der Waals surface area contributed by atoms with Crippen molar-refractivity contribution in [2.75, 3.05) is 46.4 Å². The minimum absolute atomic E-state index is 0.527. The minimum Gasteiger partial charge on any atom is -0.379 e. The van der Waals surface area contributed by atoms with Gasteiger partial charge >= 0.3 is 0 Å². The van der Waals surface area contributed by atoms with Gasteiger partial charge in [-0.2, -0.15) is 0 Å². The topological polar surface area (TPSA) is 61.8 Å². The maximum Gasteiger partial charge on any atom is 0.191 e. The molecule has 2 aliphatic rings. The van der Waals surface area contributed by atoms with Gasteiger partial charge in [0.15, 0.2) is 5.96 Å². The van der Waals surface area contributed by atoms with Crippen LogP contribution in [-0.2, 0) is 24.0 Å². The van der Waals surface area contributed by atoms with E-state index in [9.17, 15) is 0 Å². The smallest absolute Gasteiger partial charge is 0.191 e. The largest absolute Gasteiger partial charge is 0.379 e. The van der Waals surface area contributed by atoms with Gasteiger partial charge in [-0.25, -0.2) is 4.98 Å². The zero-order chi connectivity index (χ0) is 20.5. The van der Waals surface area contributed by atoms with Crippen LogP contribution in [0.5, 0.6) is 0 Å². The minimum atomic E-state index is 0.527. The standard InChI is InChI=1S/C22H39N5OS/c1-17(2)15-18(27-11-13-28-14-12-27)16-25-22(23-3)24-10-6-9-21-26-19-7-4-5-8-20(19)29-21/h17-18H,4-16H2,1-3H3,(H2,23,24,25). The van der Waals surface area contributed by atoms with E-state index in [0.29, 0.717) is 12.0 Å². The molecule has 1 aromatic heterocycles. The Balaban J connectivity index is 1.39. The highest BCUT2D eigenvalue weighted by atomic mass is 32.1. The van der Waals surface area contributed by atoms with Crippen molar-refractivity contribution < 1.29 is 4.74 Å². The molecule has 1 saturated heterocycles. The molecule has 0 bridgehead atoms. The molecule has 1 aromatic rings. The Bertz CT molecular complexity index is 616. The number of rotatable bonds is 9. The van der Waals surface area contributed by atoms with Crippen LogP contribution in [0.15, 0.2) is 4.99 Å². The van der Waals surface area contributed by atoms with Crippen LogP contribution in [0, 0.1) is 5.92 Å². The fourth-order valence-corrected chi connectivity index (χ4v) is 5.44. The number of aromatic nitrogens is 1. The van der Waals surface area contributed by atoms with Crippen LogP contribution < -0.4 is 10.6 Å². The normalized spacial score (nSPS) is 19.2. The summed E-state index contributed by atoms with van der Waals surface area (Å²) in [6, 6.07) is 0.527. The SMILES string of the molecule is CN=C(NCCCc1nc2c(s1)CCCC2)NCC(CC(C)C)N1CCOCC1. The summed E-state index contributed by atoms with van der Waals surface area (Å²) in [5.41, 5.74) is 1.38. The van der Waals surface area contributed by atoms with E-state index in [1.54, 1.807) is 0 Å². The van der Waals surface area contributed by atoms with Crippen LogP contribution in [0.4, 0.5) is 0 Å². The number of aliphatic imine (C=N–C) groups is 1. The molecule has 1 unspecified atom stereocenters. The fourth-order valence-electron chi connectivity index (χ4n) is 4.24. The number of thiazole rings is 1. The van der Waals surface area contributed by atoms with Gasteiger partial charge in [0.1, 0.15) is 0 Å². The van der Waals surface area contributed by atoms with Crippen molar-refractivity contribution in [1.29, 1.82) is 0 Å². The summed E-state index contributed by atoms with van der Waals surface area (Å²) in [7, 11) is 1.86. The Morgan fingerprint density at radius 2 is 2.00 bits per heavy atom. The van der Waals surface area contributed by atoms with Crippen molar-refractivity contribution in [2.24, 2.45) is 10.9 Å². The number of hydrogen-bond donors (Lipinski definition) is 2. The van der Waals surface area contributed by atoms with Crippen molar-refractivity contribution in [3.8, 4) is 0 Å². The first-order valence-corrected chi connectivity index (χ1v) is 12.2. The molecule has 0 saturated carbocycles. The third-order valence-electron chi connectivity index (χ3n) is 5.78. The lowest BCUT2D eigenvalue weighted by Crippen LogP contribution is -2.51. The monoisotopic (exact) mass is 421 g/mol. The van der Waals surface area contributed by atoms with E-state index in [-0.39, 0.29) is 0 Å². The van der Waals surface area contributed by atoms with Crippen molar-refractivity contribution in [1.82, 2.24) is 20.5 Å². The van der Waals surface area contributed by atoms with E-state index in [1.807, 2.05) is 18.4 Å². The lowest BCUT2D eigenvalue weighted by atomic mass is 10.0. The molecule has 3 rings (SSSR count). The highest BCUT2D eigenvalue weighted by Crippen LogP contribution is 2.27. The first kappa shape index (κ1) is 22.5. The van der Waals surface area contributed by atoms with E-state index >= 15 is 0 Å². The molecule has 0 aromatic carbocycles. The van der Waals surface area contributed by atoms with Crippen LogP contribution in [0.3, 0.4) is 0 Å². The zero-order valence-corrected chi connectivity index (χ0v) is 19.3. The predicted molar refractivity (Wildman–Crippen MR) is 122 cm³/mol. The van der Waals surface area contributed by atoms with Gasteiger partial charge in [0.2, 0.25) is 0 Å². The van der Waals surface area contributed by atoms with E-state index < -0.39 is 0 Å². The maximum absolute atomic E-state index is 5.53. The summed E-state index contributed by atoms with van der Waals surface area (Å²) >= 11 is 1.94. The van der Waals surface area contributed by atoms with Crippen molar-refractivity contribution >= 4 is 17.3 Å². The number of nitrogens with one attached hydrogen (secondary N) is 2. The Kier molecular flexibility index (Phi) is 9.21. The first-order valence-electron chi connectivity index (χ1n) is 11.4. The van der Waals surface area contributed by atoms with Gasteiger partial charge in [0.05, 0.1) is 23.9 Å². The molecule has 1 fully saturated rings. The first-order chi connectivity index (χ1) is 14.2. The zero-order valence-electron chi connectivity index (χ0n) is 18.5. The number of guanidine groups is 1. The van der Waals surface area contributed by atoms with Gasteiger partial charge in [0, 0.05) is 50.6 Å². The lowest BCUT2D eigenvalue weighted by molar-refractivity contribution is 0.0132. The average molecular weight is 422 g/mol. The molecule has 164 valence electrons. The number of fused-ring (bicyclic) bond motifs is 1. The summed E-state index contributed by atoms with van der Waals surface area (Å²) in [5, 5.41) is 8.35. The molecular weight excluding hydrogens is 382 g/mol. The van der Waals surface area contributed by atoms with Gasteiger partial charge in [-0.15, -0.1) is 11.3 Å². The number of nitrogens with zero attached hydrogens (tertiary/aromatic N) is 3. The van der Waals surface area contributed by atoms with E-state index in [4.69, 9.17) is 9.72 Å². The van der Waals surface area contributed by atoms with Crippen LogP contribution in [-0.4, -0.2) is 68.3 Å². The highest BCUT2D eigenvalue weighted by Gasteiger charge is 2.22. The Labute approximate surface area is 180 Å². The number of morpholine rings is 1. The number of hydrogen-bond acceptors (Lipinski definition) is 5. The second kappa shape index (κ2) is 11.9. The van der Waals surface area contributed by atoms with Crippen LogP contribution in [0.1, 0.15) is 55.1 Å². The van der Waals surface area contributed by atoms with Crippen molar-refractivity contribution in [2.45, 2.75) is 64.8 Å². The van der Waals surface area contributed by atoms with Crippen molar-refractivity contribution in [3.05, 3.63) is 15.6 Å². The molecule has 7 heteroatoms. The summed E-state index contributed by atoms with van der Waals surface area (Å²) < 4.78 is 5.53. The molecule has 0 amide bonds. The summed E-state index contributed by atoms with van der Waals surface area (Å²) in [6.07, 6.45) is 8.41. The third-order valence-corrected chi connectivity index (χ3v) is 7.00. The van der Waals surface area contributed by atoms with Gasteiger partial charge in [-0.05, 0) is 44.4 Å². The molecule has 1 aliphatic carbocycles. The molecular formula is C22H39N5OS. The van der Waals surface area contributed by atoms with E-state index in [0.717, 1.165) is 58.2 Å². The number of aryl methyl sites for hydroxylation is 3. The van der Waals surface area contributed by atoms with Gasteiger partial charge in [-0.3, -0.25) is 9.89 Å². The molecule has 0 radical (unpaired) electrons. The molecule has 6 nitrogen and oxygen atoms in total. The predicted octanol–water partition coefficient (Wildman–Crippen LogP) is 2.87. The van der Waals surface area contributed by atoms with Crippen molar-refractivity contribution in [3.63, 3.8) is 0 Å². The molecule has 2 N–H and O–H groups in total. The maximum atomic E-state index is 5.53. The summed E-state index contributed by atoms with van der Waals surface area (Å²) in [6.45, 7) is 10.2. The van der Waals surface area contributed by atoms with Gasteiger partial charge in [-0.1, -0.05) is 13.8 Å². The molecule has 2 heterocycles. The van der Waals surface area contributed by atoms with E-state index in [1.165, 1.54) is 47.7 Å². The Morgan fingerprint density at radius 3 is 2.72 bits per heavy atom. The highest BCUT2D eigenvalue weighted by molar-refractivity contribution is 7.11. The molecule has 1 atom stereocenters. The average Bonchev–Trinajstić information content (AvgIpc) is 3.15. The lowest BCUT2D eigenvalue weighted by Gasteiger charge is -2.35. The Hall–Kier alpha value is -1.18. The van der Waals surface area contributed by atoms with Gasteiger partial charge in [0.25, 0.3) is 0 Å². The summed E-state index contributed by atoms with van der Waals surface area (Å²) in [4.78, 5) is 13.4. The van der Waals surface area contributed by atoms with Crippen LogP contribution >= 0.6 is 11.3 Å². The molecule has 0 spiro atoms. The number of ether oxygens (including phenoxy) is 1. The van der Waals surface area contributed by atoms with E-state index in [2.05, 4.69) is 34.4 Å². The Morgan fingerprint density at radius 1 is 1.21 bits per heavy atom. The van der Waals surface area contributed by atoms with Gasteiger partial charge < -0.3 is 15.4 Å². The van der Waals surface area contributed by atoms with Crippen LogP contribution in [0.2, 0.25) is 0 Å². The third kappa shape index (κ3) is 7.23. The molecule has 1 aliphatic heterocycles. The van der Waals surface area contributed by atoms with Crippen LogP contribution in [0.25, 0.3) is 0 Å². The second-order valence-electron chi connectivity index (χ2n) is 8.60. The quantitative estimate of drug-likeness (QED) is 0.365. The second-order valence-corrected chi connectivity index (χ2v) is 9.77. The summed E-state index contributed by atoms with van der Waals surface area (Å²) in [5.74, 6) is 1.59. The molecule has 29 heavy (non-hydrogen) atoms.